The molecule has 0 saturated heterocycles. The van der Waals surface area contributed by atoms with Crippen LogP contribution in [0.5, 0.6) is 0 Å². The van der Waals surface area contributed by atoms with Gasteiger partial charge in [0, 0.05) is 5.56 Å². The predicted octanol–water partition coefficient (Wildman–Crippen LogP) is -0.391. The largest absolute Gasteiger partial charge is 0.480 e. The van der Waals surface area contributed by atoms with Crippen molar-refractivity contribution in [1.82, 2.24) is 0 Å². The van der Waals surface area contributed by atoms with E-state index in [1.807, 2.05) is 0 Å². The van der Waals surface area contributed by atoms with Crippen LogP contribution in [0.25, 0.3) is 0 Å². The summed E-state index contributed by atoms with van der Waals surface area (Å²) in [6, 6.07) is 6.93. The standard InChI is InChI=1S/C10H10O6/c11-8(12)7(9(13)14)10(15,16)6-4-2-1-3-5-6/h1-5,7,15-16H,(H,11,12)(H,13,14). The molecule has 0 amide bonds. The molecule has 0 atom stereocenters. The minimum atomic E-state index is -2.95. The number of aliphatic carboxylic acids is 2. The predicted molar refractivity (Wildman–Crippen MR) is 51.3 cm³/mol. The summed E-state index contributed by atoms with van der Waals surface area (Å²) < 4.78 is 0. The first-order valence-corrected chi connectivity index (χ1v) is 4.33. The third-order valence-corrected chi connectivity index (χ3v) is 2.10. The summed E-state index contributed by atoms with van der Waals surface area (Å²) in [4.78, 5) is 21.3. The quantitative estimate of drug-likeness (QED) is 0.410. The Balaban J connectivity index is 3.18. The summed E-state index contributed by atoms with van der Waals surface area (Å²) in [6.07, 6.45) is 0. The average molecular weight is 226 g/mol. The summed E-state index contributed by atoms with van der Waals surface area (Å²) in [5.41, 5.74) is -0.190. The Hall–Kier alpha value is -1.92. The highest BCUT2D eigenvalue weighted by molar-refractivity contribution is 5.94. The van der Waals surface area contributed by atoms with Crippen molar-refractivity contribution in [2.24, 2.45) is 5.92 Å². The van der Waals surface area contributed by atoms with Crippen LogP contribution in [-0.4, -0.2) is 32.4 Å². The fourth-order valence-corrected chi connectivity index (χ4v) is 1.30. The number of hydrogen-bond donors (Lipinski definition) is 4. The first-order valence-electron chi connectivity index (χ1n) is 4.33. The molecular weight excluding hydrogens is 216 g/mol. The van der Waals surface area contributed by atoms with Gasteiger partial charge in [-0.2, -0.15) is 0 Å². The zero-order chi connectivity index (χ0) is 12.3. The SMILES string of the molecule is O=C(O)C(C(=O)O)C(O)(O)c1ccccc1. The Morgan fingerprint density at radius 3 is 1.81 bits per heavy atom. The van der Waals surface area contributed by atoms with E-state index in [9.17, 15) is 19.8 Å². The number of carbonyl (C=O) groups is 2. The minimum Gasteiger partial charge on any atom is -0.480 e. The zero-order valence-electron chi connectivity index (χ0n) is 8.07. The Bertz CT molecular complexity index is 383. The fraction of sp³-hybridized carbons (Fsp3) is 0.200. The van der Waals surface area contributed by atoms with E-state index in [4.69, 9.17) is 10.2 Å². The number of aliphatic hydroxyl groups is 2. The van der Waals surface area contributed by atoms with Crippen molar-refractivity contribution in [3.05, 3.63) is 35.9 Å². The maximum Gasteiger partial charge on any atom is 0.323 e. The third-order valence-electron chi connectivity index (χ3n) is 2.10. The van der Waals surface area contributed by atoms with Gasteiger partial charge in [0.2, 0.25) is 11.7 Å². The first kappa shape index (κ1) is 12.2. The molecule has 0 radical (unpaired) electrons. The molecule has 0 bridgehead atoms. The smallest absolute Gasteiger partial charge is 0.323 e. The van der Waals surface area contributed by atoms with Crippen molar-refractivity contribution in [2.45, 2.75) is 5.79 Å². The van der Waals surface area contributed by atoms with Gasteiger partial charge in [-0.3, -0.25) is 9.59 Å². The van der Waals surface area contributed by atoms with Gasteiger partial charge in [-0.15, -0.1) is 0 Å². The minimum absolute atomic E-state index is 0.190. The van der Waals surface area contributed by atoms with Crippen LogP contribution < -0.4 is 0 Å². The number of carboxylic acids is 2. The number of carboxylic acid groups (broad SMARTS) is 2. The number of hydrogen-bond acceptors (Lipinski definition) is 4. The van der Waals surface area contributed by atoms with Gasteiger partial charge in [-0.05, 0) is 0 Å². The van der Waals surface area contributed by atoms with E-state index in [0.717, 1.165) is 0 Å². The summed E-state index contributed by atoms with van der Waals surface area (Å²) in [7, 11) is 0. The van der Waals surface area contributed by atoms with Gasteiger partial charge >= 0.3 is 11.9 Å². The van der Waals surface area contributed by atoms with Crippen molar-refractivity contribution in [1.29, 1.82) is 0 Å². The highest BCUT2D eigenvalue weighted by atomic mass is 16.5. The van der Waals surface area contributed by atoms with Crippen LogP contribution in [-0.2, 0) is 15.4 Å². The van der Waals surface area contributed by atoms with Crippen LogP contribution in [0.15, 0.2) is 30.3 Å². The second kappa shape index (κ2) is 4.30. The first-order chi connectivity index (χ1) is 7.37. The molecule has 0 saturated carbocycles. The van der Waals surface area contributed by atoms with E-state index in [1.165, 1.54) is 24.3 Å². The van der Waals surface area contributed by atoms with Crippen molar-refractivity contribution in [3.8, 4) is 0 Å². The van der Waals surface area contributed by atoms with Gasteiger partial charge in [0.1, 0.15) is 0 Å². The third kappa shape index (κ3) is 2.18. The van der Waals surface area contributed by atoms with E-state index < -0.39 is 23.6 Å². The van der Waals surface area contributed by atoms with Crippen LogP contribution in [0.3, 0.4) is 0 Å². The lowest BCUT2D eigenvalue weighted by Gasteiger charge is -2.25. The molecule has 0 aliphatic carbocycles. The highest BCUT2D eigenvalue weighted by Gasteiger charge is 2.47. The summed E-state index contributed by atoms with van der Waals surface area (Å²) in [5.74, 6) is -8.92. The highest BCUT2D eigenvalue weighted by Crippen LogP contribution is 2.27. The Kier molecular flexibility index (Phi) is 3.26. The van der Waals surface area contributed by atoms with Gasteiger partial charge in [0.15, 0.2) is 0 Å². The maximum atomic E-state index is 10.7. The monoisotopic (exact) mass is 226 g/mol. The molecule has 1 rings (SSSR count). The summed E-state index contributed by atoms with van der Waals surface area (Å²) in [6.45, 7) is 0. The lowest BCUT2D eigenvalue weighted by molar-refractivity contribution is -0.222. The van der Waals surface area contributed by atoms with Crippen molar-refractivity contribution < 1.29 is 30.0 Å². The molecule has 1 aromatic carbocycles. The van der Waals surface area contributed by atoms with Crippen LogP contribution in [0.4, 0.5) is 0 Å². The fourth-order valence-electron chi connectivity index (χ4n) is 1.30. The van der Waals surface area contributed by atoms with Crippen LogP contribution in [0.1, 0.15) is 5.56 Å². The molecule has 0 heterocycles. The van der Waals surface area contributed by atoms with Crippen molar-refractivity contribution >= 4 is 11.9 Å². The van der Waals surface area contributed by atoms with Gasteiger partial charge in [-0.1, -0.05) is 30.3 Å². The van der Waals surface area contributed by atoms with Crippen LogP contribution >= 0.6 is 0 Å². The second-order valence-corrected chi connectivity index (χ2v) is 3.20. The molecular formula is C10H10O6. The molecule has 16 heavy (non-hydrogen) atoms. The summed E-state index contributed by atoms with van der Waals surface area (Å²) >= 11 is 0. The topological polar surface area (TPSA) is 115 Å². The molecule has 1 aromatic rings. The molecule has 4 N–H and O–H groups in total. The molecule has 86 valence electrons. The Morgan fingerprint density at radius 1 is 1.00 bits per heavy atom. The molecule has 0 spiro atoms. The van der Waals surface area contributed by atoms with E-state index in [-0.39, 0.29) is 5.56 Å². The number of rotatable bonds is 4. The van der Waals surface area contributed by atoms with Crippen molar-refractivity contribution in [3.63, 3.8) is 0 Å². The van der Waals surface area contributed by atoms with Crippen LogP contribution in [0.2, 0.25) is 0 Å². The van der Waals surface area contributed by atoms with E-state index >= 15 is 0 Å². The molecule has 6 heteroatoms. The van der Waals surface area contributed by atoms with Gasteiger partial charge in [-0.25, -0.2) is 0 Å². The number of benzene rings is 1. The van der Waals surface area contributed by atoms with Gasteiger partial charge < -0.3 is 20.4 Å². The molecule has 0 aliphatic heterocycles. The molecule has 0 aliphatic rings. The normalized spacial score (nSPS) is 11.4. The zero-order valence-corrected chi connectivity index (χ0v) is 8.07. The van der Waals surface area contributed by atoms with Crippen molar-refractivity contribution in [2.75, 3.05) is 0 Å². The Labute approximate surface area is 90.4 Å². The molecule has 0 unspecified atom stereocenters. The van der Waals surface area contributed by atoms with E-state index in [1.54, 1.807) is 6.07 Å². The maximum absolute atomic E-state index is 10.7. The van der Waals surface area contributed by atoms with Gasteiger partial charge in [0.05, 0.1) is 0 Å². The second-order valence-electron chi connectivity index (χ2n) is 3.20. The molecule has 0 fully saturated rings. The Morgan fingerprint density at radius 2 is 1.44 bits per heavy atom. The average Bonchev–Trinajstić information content (AvgIpc) is 2.17. The van der Waals surface area contributed by atoms with E-state index in [2.05, 4.69) is 0 Å². The summed E-state index contributed by atoms with van der Waals surface area (Å²) in [5, 5.41) is 36.4. The molecule has 0 aromatic heterocycles. The van der Waals surface area contributed by atoms with Gasteiger partial charge in [0.25, 0.3) is 0 Å². The lowest BCUT2D eigenvalue weighted by atomic mass is 9.92. The molecule has 6 nitrogen and oxygen atoms in total. The lowest BCUT2D eigenvalue weighted by Crippen LogP contribution is -2.44. The van der Waals surface area contributed by atoms with Crippen LogP contribution in [0, 0.1) is 5.92 Å². The van der Waals surface area contributed by atoms with E-state index in [0.29, 0.717) is 0 Å².